The van der Waals surface area contributed by atoms with Gasteiger partial charge in [-0.1, -0.05) is 24.3 Å². The Morgan fingerprint density at radius 2 is 1.85 bits per heavy atom. The first-order valence-electron chi connectivity index (χ1n) is 6.43. The van der Waals surface area contributed by atoms with Crippen LogP contribution >= 0.6 is 0 Å². The van der Waals surface area contributed by atoms with E-state index in [0.29, 0.717) is 6.54 Å². The van der Waals surface area contributed by atoms with E-state index in [2.05, 4.69) is 32.5 Å². The molecule has 0 aliphatic heterocycles. The summed E-state index contributed by atoms with van der Waals surface area (Å²) in [6, 6.07) is 8.17. The summed E-state index contributed by atoms with van der Waals surface area (Å²) < 4.78 is 1.90. The van der Waals surface area contributed by atoms with Crippen molar-refractivity contribution in [1.29, 1.82) is 0 Å². The standard InChI is InChI=1S/C14H16N6/c1-10-11-6-4-5-7-12(11)14(18-16-10)19(2)8-13-17-15-9-20(13)3/h4-7,9H,8H2,1-3H3. The predicted molar refractivity (Wildman–Crippen MR) is 77.4 cm³/mol. The van der Waals surface area contributed by atoms with E-state index < -0.39 is 0 Å². The number of fused-ring (bicyclic) bond motifs is 1. The van der Waals surface area contributed by atoms with Crippen molar-refractivity contribution in [1.82, 2.24) is 25.0 Å². The quantitative estimate of drug-likeness (QED) is 0.723. The highest BCUT2D eigenvalue weighted by atomic mass is 15.3. The van der Waals surface area contributed by atoms with Crippen molar-refractivity contribution in [3.8, 4) is 0 Å². The highest BCUT2D eigenvalue weighted by Gasteiger charge is 2.12. The normalized spacial score (nSPS) is 10.9. The van der Waals surface area contributed by atoms with Gasteiger partial charge in [0, 0.05) is 24.9 Å². The van der Waals surface area contributed by atoms with Gasteiger partial charge >= 0.3 is 0 Å². The van der Waals surface area contributed by atoms with Gasteiger partial charge in [-0.2, -0.15) is 5.10 Å². The fourth-order valence-electron chi connectivity index (χ4n) is 2.24. The van der Waals surface area contributed by atoms with E-state index in [4.69, 9.17) is 0 Å². The lowest BCUT2D eigenvalue weighted by atomic mass is 10.1. The predicted octanol–water partition coefficient (Wildman–Crippen LogP) is 1.70. The zero-order valence-corrected chi connectivity index (χ0v) is 11.8. The van der Waals surface area contributed by atoms with Gasteiger partial charge in [-0.25, -0.2) is 0 Å². The van der Waals surface area contributed by atoms with Crippen LogP contribution in [0.2, 0.25) is 0 Å². The highest BCUT2D eigenvalue weighted by molar-refractivity contribution is 5.93. The molecule has 0 saturated heterocycles. The molecule has 102 valence electrons. The third-order valence-corrected chi connectivity index (χ3v) is 3.40. The van der Waals surface area contributed by atoms with E-state index in [9.17, 15) is 0 Å². The SMILES string of the molecule is Cc1nnc(N(C)Cc2nncn2C)c2ccccc12. The Hall–Kier alpha value is -2.50. The van der Waals surface area contributed by atoms with Crippen molar-refractivity contribution in [2.75, 3.05) is 11.9 Å². The fourth-order valence-corrected chi connectivity index (χ4v) is 2.24. The van der Waals surface area contributed by atoms with Gasteiger partial charge in [-0.15, -0.1) is 15.3 Å². The summed E-state index contributed by atoms with van der Waals surface area (Å²) in [5, 5.41) is 18.8. The Balaban J connectivity index is 2.02. The second-order valence-corrected chi connectivity index (χ2v) is 4.87. The summed E-state index contributed by atoms with van der Waals surface area (Å²) in [4.78, 5) is 2.04. The average molecular weight is 268 g/mol. The molecule has 0 N–H and O–H groups in total. The molecule has 0 saturated carbocycles. The minimum atomic E-state index is 0.637. The summed E-state index contributed by atoms with van der Waals surface area (Å²) >= 11 is 0. The van der Waals surface area contributed by atoms with E-state index in [-0.39, 0.29) is 0 Å². The van der Waals surface area contributed by atoms with Gasteiger partial charge in [-0.3, -0.25) is 0 Å². The third kappa shape index (κ3) is 2.09. The van der Waals surface area contributed by atoms with Crippen molar-refractivity contribution < 1.29 is 0 Å². The topological polar surface area (TPSA) is 59.7 Å². The van der Waals surface area contributed by atoms with Crippen molar-refractivity contribution in [3.05, 3.63) is 42.1 Å². The molecule has 20 heavy (non-hydrogen) atoms. The molecule has 2 aromatic heterocycles. The molecule has 0 radical (unpaired) electrons. The summed E-state index contributed by atoms with van der Waals surface area (Å²) in [5.41, 5.74) is 0.941. The molecule has 0 amide bonds. The van der Waals surface area contributed by atoms with Gasteiger partial charge < -0.3 is 9.47 Å². The highest BCUT2D eigenvalue weighted by Crippen LogP contribution is 2.25. The molecule has 0 unspecified atom stereocenters. The van der Waals surface area contributed by atoms with Crippen LogP contribution < -0.4 is 4.90 Å². The number of rotatable bonds is 3. The van der Waals surface area contributed by atoms with Crippen LogP contribution in [0.5, 0.6) is 0 Å². The Morgan fingerprint density at radius 1 is 1.10 bits per heavy atom. The van der Waals surface area contributed by atoms with Gasteiger partial charge in [0.15, 0.2) is 11.6 Å². The Labute approximate surface area is 117 Å². The molecule has 1 aromatic carbocycles. The maximum atomic E-state index is 4.34. The number of hydrogen-bond acceptors (Lipinski definition) is 5. The maximum Gasteiger partial charge on any atom is 0.159 e. The van der Waals surface area contributed by atoms with Crippen LogP contribution in [-0.2, 0) is 13.6 Å². The number of hydrogen-bond donors (Lipinski definition) is 0. The second-order valence-electron chi connectivity index (χ2n) is 4.87. The van der Waals surface area contributed by atoms with Crippen LogP contribution in [-0.4, -0.2) is 32.0 Å². The number of aryl methyl sites for hydroxylation is 2. The molecule has 0 aliphatic carbocycles. The third-order valence-electron chi connectivity index (χ3n) is 3.40. The van der Waals surface area contributed by atoms with Gasteiger partial charge in [0.25, 0.3) is 0 Å². The minimum absolute atomic E-state index is 0.637. The first-order valence-corrected chi connectivity index (χ1v) is 6.43. The van der Waals surface area contributed by atoms with Gasteiger partial charge in [0.2, 0.25) is 0 Å². The lowest BCUT2D eigenvalue weighted by Crippen LogP contribution is -2.21. The molecular weight excluding hydrogens is 252 g/mol. The number of aromatic nitrogens is 5. The lowest BCUT2D eigenvalue weighted by molar-refractivity contribution is 0.750. The smallest absolute Gasteiger partial charge is 0.159 e. The largest absolute Gasteiger partial charge is 0.350 e. The Kier molecular flexibility index (Phi) is 3.06. The molecule has 3 aromatic rings. The molecular formula is C14H16N6. The van der Waals surface area contributed by atoms with Crippen molar-refractivity contribution in [2.45, 2.75) is 13.5 Å². The molecule has 0 bridgehead atoms. The van der Waals surface area contributed by atoms with Crippen LogP contribution in [0.15, 0.2) is 30.6 Å². The Morgan fingerprint density at radius 3 is 2.55 bits per heavy atom. The van der Waals surface area contributed by atoms with E-state index in [1.165, 1.54) is 0 Å². The number of anilines is 1. The second kappa shape index (κ2) is 4.88. The maximum absolute atomic E-state index is 4.34. The molecule has 3 rings (SSSR count). The van der Waals surface area contributed by atoms with Crippen molar-refractivity contribution in [3.63, 3.8) is 0 Å². The zero-order chi connectivity index (χ0) is 14.1. The monoisotopic (exact) mass is 268 g/mol. The van der Waals surface area contributed by atoms with Crippen LogP contribution in [0.25, 0.3) is 10.8 Å². The lowest BCUT2D eigenvalue weighted by Gasteiger charge is -2.19. The van der Waals surface area contributed by atoms with E-state index in [1.807, 2.05) is 42.6 Å². The van der Waals surface area contributed by atoms with E-state index >= 15 is 0 Å². The summed E-state index contributed by atoms with van der Waals surface area (Å²) in [5.74, 6) is 1.74. The number of nitrogens with zero attached hydrogens (tertiary/aromatic N) is 6. The number of benzene rings is 1. The summed E-state index contributed by atoms with van der Waals surface area (Å²) in [6.45, 7) is 2.61. The van der Waals surface area contributed by atoms with Crippen LogP contribution in [0.1, 0.15) is 11.5 Å². The molecule has 0 spiro atoms. The van der Waals surface area contributed by atoms with Gasteiger partial charge in [0.1, 0.15) is 6.33 Å². The molecule has 6 heteroatoms. The summed E-state index contributed by atoms with van der Waals surface area (Å²) in [6.07, 6.45) is 1.70. The minimum Gasteiger partial charge on any atom is -0.350 e. The molecule has 0 fully saturated rings. The van der Waals surface area contributed by atoms with Gasteiger partial charge in [-0.05, 0) is 6.92 Å². The van der Waals surface area contributed by atoms with E-state index in [1.54, 1.807) is 6.33 Å². The molecule has 0 atom stereocenters. The van der Waals surface area contributed by atoms with Crippen LogP contribution in [0.4, 0.5) is 5.82 Å². The Bertz CT molecular complexity index is 748. The first-order chi connectivity index (χ1) is 9.66. The first kappa shape index (κ1) is 12.5. The van der Waals surface area contributed by atoms with Crippen molar-refractivity contribution >= 4 is 16.6 Å². The molecule has 2 heterocycles. The van der Waals surface area contributed by atoms with Crippen LogP contribution in [0, 0.1) is 6.92 Å². The molecule has 0 aliphatic rings. The summed E-state index contributed by atoms with van der Waals surface area (Å²) in [7, 11) is 3.92. The fraction of sp³-hybridized carbons (Fsp3) is 0.286. The van der Waals surface area contributed by atoms with Crippen LogP contribution in [0.3, 0.4) is 0 Å². The van der Waals surface area contributed by atoms with Crippen molar-refractivity contribution in [2.24, 2.45) is 7.05 Å². The van der Waals surface area contributed by atoms with E-state index in [0.717, 1.165) is 28.1 Å². The molecule has 6 nitrogen and oxygen atoms in total. The zero-order valence-electron chi connectivity index (χ0n) is 11.8. The average Bonchev–Trinajstić information content (AvgIpc) is 2.85. The van der Waals surface area contributed by atoms with Gasteiger partial charge in [0.05, 0.1) is 12.2 Å².